The van der Waals surface area contributed by atoms with E-state index in [1.54, 1.807) is 0 Å². The highest BCUT2D eigenvalue weighted by Crippen LogP contribution is 2.38. The Balaban J connectivity index is 1.32. The first-order valence-electron chi connectivity index (χ1n) is 11.0. The summed E-state index contributed by atoms with van der Waals surface area (Å²) in [6.07, 6.45) is 0.0609. The van der Waals surface area contributed by atoms with Crippen LogP contribution in [-0.4, -0.2) is 37.1 Å². The highest BCUT2D eigenvalue weighted by atomic mass is 16.6. The number of carboxylic acid groups (broad SMARTS) is 1. The van der Waals surface area contributed by atoms with Gasteiger partial charge in [-0.3, -0.25) is 4.79 Å². The summed E-state index contributed by atoms with van der Waals surface area (Å²) in [5, 5.41) is 13.1. The van der Waals surface area contributed by atoms with Gasteiger partial charge in [-0.2, -0.15) is 0 Å². The molecule has 7 heteroatoms. The van der Waals surface area contributed by atoms with E-state index in [4.69, 9.17) is 24.2 Å². The fourth-order valence-corrected chi connectivity index (χ4v) is 3.82. The fourth-order valence-electron chi connectivity index (χ4n) is 3.82. The van der Waals surface area contributed by atoms with E-state index >= 15 is 0 Å². The van der Waals surface area contributed by atoms with Gasteiger partial charge in [-0.05, 0) is 36.8 Å². The highest BCUT2D eigenvalue weighted by molar-refractivity contribution is 6.01. The maximum atomic E-state index is 11.0. The first-order chi connectivity index (χ1) is 16.5. The predicted molar refractivity (Wildman–Crippen MR) is 128 cm³/mol. The number of carboxylic acids is 1. The Morgan fingerprint density at radius 2 is 1.85 bits per heavy atom. The zero-order chi connectivity index (χ0) is 23.9. The molecule has 34 heavy (non-hydrogen) atoms. The van der Waals surface area contributed by atoms with Gasteiger partial charge >= 0.3 is 5.97 Å². The number of oxime groups is 1. The van der Waals surface area contributed by atoms with Gasteiger partial charge < -0.3 is 24.2 Å². The van der Waals surface area contributed by atoms with Gasteiger partial charge in [-0.15, -0.1) is 0 Å². The molecular formula is C27H27NO6. The second kappa shape index (κ2) is 10.7. The summed E-state index contributed by atoms with van der Waals surface area (Å²) in [5.41, 5.74) is 4.71. The van der Waals surface area contributed by atoms with Gasteiger partial charge in [-0.25, -0.2) is 0 Å². The largest absolute Gasteiger partial charge is 0.492 e. The number of fused-ring (bicyclic) bond motifs is 1. The topological polar surface area (TPSA) is 86.6 Å². The third-order valence-corrected chi connectivity index (χ3v) is 5.54. The Hall–Kier alpha value is -4.00. The minimum Gasteiger partial charge on any atom is -0.492 e. The van der Waals surface area contributed by atoms with Crippen LogP contribution in [0.15, 0.2) is 71.9 Å². The van der Waals surface area contributed by atoms with E-state index in [2.05, 4.69) is 5.16 Å². The number of hydrogen-bond donors (Lipinski definition) is 1. The van der Waals surface area contributed by atoms with Crippen LogP contribution in [0, 0.1) is 6.92 Å². The number of hydrogen-bond acceptors (Lipinski definition) is 6. The predicted octanol–water partition coefficient (Wildman–Crippen LogP) is 4.95. The number of aliphatic carboxylic acids is 1. The van der Waals surface area contributed by atoms with Crippen molar-refractivity contribution in [3.05, 3.63) is 89.0 Å². The van der Waals surface area contributed by atoms with Gasteiger partial charge in [0.05, 0.1) is 13.0 Å². The molecule has 1 unspecified atom stereocenters. The van der Waals surface area contributed by atoms with E-state index in [9.17, 15) is 4.79 Å². The average Bonchev–Trinajstić information content (AvgIpc) is 3.22. The summed E-state index contributed by atoms with van der Waals surface area (Å²) < 4.78 is 17.5. The number of rotatable bonds is 10. The fraction of sp³-hybridized carbons (Fsp3) is 0.259. The monoisotopic (exact) mass is 461 g/mol. The van der Waals surface area contributed by atoms with Gasteiger partial charge in [0, 0.05) is 23.1 Å². The molecule has 1 heterocycles. The maximum Gasteiger partial charge on any atom is 0.304 e. The van der Waals surface area contributed by atoms with Crippen molar-refractivity contribution in [1.29, 1.82) is 0 Å². The number of ether oxygens (including phenoxy) is 3. The van der Waals surface area contributed by atoms with Crippen molar-refractivity contribution >= 4 is 11.7 Å². The van der Waals surface area contributed by atoms with Crippen molar-refractivity contribution in [2.45, 2.75) is 25.9 Å². The molecule has 7 nitrogen and oxygen atoms in total. The van der Waals surface area contributed by atoms with E-state index in [1.807, 2.05) is 73.7 Å². The lowest BCUT2D eigenvalue weighted by atomic mass is 9.98. The molecule has 0 saturated carbocycles. The van der Waals surface area contributed by atoms with Gasteiger partial charge in [-0.1, -0.05) is 47.1 Å². The van der Waals surface area contributed by atoms with Crippen LogP contribution in [0.1, 0.15) is 34.6 Å². The highest BCUT2D eigenvalue weighted by Gasteiger charge is 2.26. The molecule has 3 aromatic rings. The summed E-state index contributed by atoms with van der Waals surface area (Å²) in [5.74, 6) is 1.14. The molecule has 0 bridgehead atoms. The summed E-state index contributed by atoms with van der Waals surface area (Å²) in [7, 11) is 1.52. The molecule has 1 N–H and O–H groups in total. The van der Waals surface area contributed by atoms with Crippen molar-refractivity contribution in [1.82, 2.24) is 0 Å². The second-order valence-corrected chi connectivity index (χ2v) is 8.12. The Labute approximate surface area is 198 Å². The molecule has 0 radical (unpaired) electrons. The molecule has 176 valence electrons. The standard InChI is InChI=1S/C27H27NO6/c1-18-4-3-5-20(12-18)25(28-31-2)17-33-22-8-6-19(7-9-22)15-32-23-10-11-24-21(13-27(29)30)16-34-26(24)14-23/h3-12,14,21H,13,15-17H2,1-2H3,(H,29,30). The van der Waals surface area contributed by atoms with E-state index < -0.39 is 5.97 Å². The van der Waals surface area contributed by atoms with E-state index in [-0.39, 0.29) is 18.9 Å². The average molecular weight is 462 g/mol. The van der Waals surface area contributed by atoms with Crippen LogP contribution in [-0.2, 0) is 16.2 Å². The summed E-state index contributed by atoms with van der Waals surface area (Å²) in [4.78, 5) is 16.0. The number of aryl methyl sites for hydroxylation is 1. The van der Waals surface area contributed by atoms with Crippen molar-refractivity contribution in [2.24, 2.45) is 5.16 Å². The molecule has 3 aromatic carbocycles. The summed E-state index contributed by atoms with van der Waals surface area (Å²) >= 11 is 0. The molecule has 0 amide bonds. The Bertz CT molecular complexity index is 1170. The number of carbonyl (C=O) groups is 1. The minimum absolute atomic E-state index is 0.0609. The van der Waals surface area contributed by atoms with E-state index in [0.29, 0.717) is 30.4 Å². The molecule has 4 rings (SSSR count). The minimum atomic E-state index is -0.827. The Morgan fingerprint density at radius 1 is 1.06 bits per heavy atom. The first kappa shape index (κ1) is 23.2. The van der Waals surface area contributed by atoms with Crippen molar-refractivity contribution in [2.75, 3.05) is 20.3 Å². The Kier molecular flexibility index (Phi) is 7.32. The van der Waals surface area contributed by atoms with Crippen molar-refractivity contribution in [3.8, 4) is 17.2 Å². The van der Waals surface area contributed by atoms with Crippen LogP contribution in [0.3, 0.4) is 0 Å². The lowest BCUT2D eigenvalue weighted by Gasteiger charge is -2.11. The van der Waals surface area contributed by atoms with E-state index in [1.165, 1.54) is 7.11 Å². The molecule has 1 aliphatic heterocycles. The summed E-state index contributed by atoms with van der Waals surface area (Å²) in [6.45, 7) is 3.08. The molecule has 0 spiro atoms. The zero-order valence-electron chi connectivity index (χ0n) is 19.2. The van der Waals surface area contributed by atoms with Crippen LogP contribution in [0.25, 0.3) is 0 Å². The third kappa shape index (κ3) is 5.86. The molecule has 0 aromatic heterocycles. The van der Waals surface area contributed by atoms with Crippen LogP contribution < -0.4 is 14.2 Å². The van der Waals surface area contributed by atoms with Gasteiger partial charge in [0.15, 0.2) is 0 Å². The van der Waals surface area contributed by atoms with Gasteiger partial charge in [0.25, 0.3) is 0 Å². The van der Waals surface area contributed by atoms with Crippen LogP contribution in [0.4, 0.5) is 0 Å². The summed E-state index contributed by atoms with van der Waals surface area (Å²) in [6, 6.07) is 21.2. The maximum absolute atomic E-state index is 11.0. The van der Waals surface area contributed by atoms with Gasteiger partial charge in [0.1, 0.15) is 43.3 Å². The first-order valence-corrected chi connectivity index (χ1v) is 11.0. The molecule has 1 atom stereocenters. The van der Waals surface area contributed by atoms with Gasteiger partial charge in [0.2, 0.25) is 0 Å². The third-order valence-electron chi connectivity index (χ3n) is 5.54. The smallest absolute Gasteiger partial charge is 0.304 e. The molecule has 1 aliphatic rings. The number of benzene rings is 3. The second-order valence-electron chi connectivity index (χ2n) is 8.12. The normalized spacial score (nSPS) is 14.8. The van der Waals surface area contributed by atoms with Crippen LogP contribution >= 0.6 is 0 Å². The van der Waals surface area contributed by atoms with Crippen LogP contribution in [0.5, 0.6) is 17.2 Å². The SMILES string of the molecule is CON=C(COc1ccc(COc2ccc3c(c2)OCC3CC(=O)O)cc1)c1cccc(C)c1. The quantitative estimate of drug-likeness (QED) is 0.339. The zero-order valence-corrected chi connectivity index (χ0v) is 19.2. The van der Waals surface area contributed by atoms with E-state index in [0.717, 1.165) is 28.0 Å². The molecular weight excluding hydrogens is 434 g/mol. The molecule has 0 fully saturated rings. The van der Waals surface area contributed by atoms with Crippen LogP contribution in [0.2, 0.25) is 0 Å². The lowest BCUT2D eigenvalue weighted by Crippen LogP contribution is -2.13. The number of nitrogens with zero attached hydrogens (tertiary/aromatic N) is 1. The lowest BCUT2D eigenvalue weighted by molar-refractivity contribution is -0.137. The Morgan fingerprint density at radius 3 is 2.59 bits per heavy atom. The molecule has 0 aliphatic carbocycles. The van der Waals surface area contributed by atoms with Crippen molar-refractivity contribution < 1.29 is 28.9 Å². The van der Waals surface area contributed by atoms with Crippen molar-refractivity contribution in [3.63, 3.8) is 0 Å². The molecule has 0 saturated heterocycles.